The lowest BCUT2D eigenvalue weighted by atomic mass is 9.89. The second-order valence-electron chi connectivity index (χ2n) is 13.8. The molecular weight excluding hydrogens is 584 g/mol. The number of hydrogen-bond donors (Lipinski definition) is 1. The van der Waals surface area contributed by atoms with Gasteiger partial charge in [0.05, 0.1) is 13.0 Å². The lowest BCUT2D eigenvalue weighted by Crippen LogP contribution is -2.21. The summed E-state index contributed by atoms with van der Waals surface area (Å²) in [6.45, 7) is 12.3. The van der Waals surface area contributed by atoms with E-state index < -0.39 is 0 Å². The Labute approximate surface area is 291 Å². The monoisotopic (exact) mass is 660 g/mol. The molecule has 1 aromatic carbocycles. The standard InChI is InChI=1S/C42H75O5/c1-5-9-13-15-17-21-30-45-42(46-31-22-18-16-14-10-6-2)29-28-41(44)47-36-40-33-38(32-39(34-40)35-43)27-23-26-37(24-19-11-7-3)25-20-12-8-4/h32-34,37,42-43H,3,5-31,35-36H2,1-2,4H3. The van der Waals surface area contributed by atoms with Gasteiger partial charge in [0, 0.05) is 19.6 Å². The van der Waals surface area contributed by atoms with Gasteiger partial charge in [-0.15, -0.1) is 0 Å². The molecule has 1 unspecified atom stereocenters. The first kappa shape index (κ1) is 43.6. The molecule has 0 saturated heterocycles. The van der Waals surface area contributed by atoms with Gasteiger partial charge in [-0.1, -0.05) is 168 Å². The van der Waals surface area contributed by atoms with Crippen LogP contribution >= 0.6 is 0 Å². The van der Waals surface area contributed by atoms with E-state index in [-0.39, 0.29) is 31.9 Å². The summed E-state index contributed by atoms with van der Waals surface area (Å²) in [5.41, 5.74) is 3.05. The number of aryl methyl sites for hydroxylation is 1. The molecule has 1 N–H and O–H groups in total. The minimum atomic E-state index is -0.359. The minimum absolute atomic E-state index is 0.00690. The predicted octanol–water partition coefficient (Wildman–Crippen LogP) is 12.0. The third-order valence-electron chi connectivity index (χ3n) is 9.29. The van der Waals surface area contributed by atoms with Gasteiger partial charge in [-0.2, -0.15) is 0 Å². The second kappa shape index (κ2) is 31.8. The van der Waals surface area contributed by atoms with Gasteiger partial charge >= 0.3 is 5.97 Å². The molecule has 0 bridgehead atoms. The quantitative estimate of drug-likeness (QED) is 0.0453. The highest BCUT2D eigenvalue weighted by Crippen LogP contribution is 2.24. The van der Waals surface area contributed by atoms with Crippen molar-refractivity contribution in [1.82, 2.24) is 0 Å². The number of ether oxygens (including phenoxy) is 3. The van der Waals surface area contributed by atoms with Crippen molar-refractivity contribution in [2.24, 2.45) is 5.92 Å². The molecule has 0 fully saturated rings. The van der Waals surface area contributed by atoms with Crippen molar-refractivity contribution in [3.05, 3.63) is 41.8 Å². The van der Waals surface area contributed by atoms with E-state index in [9.17, 15) is 9.90 Å². The average Bonchev–Trinajstić information content (AvgIpc) is 3.08. The maximum absolute atomic E-state index is 12.8. The zero-order valence-corrected chi connectivity index (χ0v) is 31.2. The Kier molecular flexibility index (Phi) is 29.5. The van der Waals surface area contributed by atoms with E-state index in [4.69, 9.17) is 14.2 Å². The summed E-state index contributed by atoms with van der Waals surface area (Å²) in [4.78, 5) is 12.8. The number of benzene rings is 1. The Bertz CT molecular complexity index is 812. The van der Waals surface area contributed by atoms with Crippen LogP contribution in [0.15, 0.2) is 18.2 Å². The molecule has 0 spiro atoms. The summed E-state index contributed by atoms with van der Waals surface area (Å²) < 4.78 is 17.9. The number of aliphatic hydroxyl groups is 1. The molecule has 1 atom stereocenters. The van der Waals surface area contributed by atoms with Crippen molar-refractivity contribution >= 4 is 5.97 Å². The number of carbonyl (C=O) groups is 1. The smallest absolute Gasteiger partial charge is 0.306 e. The number of rotatable bonds is 34. The highest BCUT2D eigenvalue weighted by Gasteiger charge is 2.15. The maximum atomic E-state index is 12.8. The van der Waals surface area contributed by atoms with Gasteiger partial charge in [0.25, 0.3) is 0 Å². The third-order valence-corrected chi connectivity index (χ3v) is 9.29. The molecule has 0 saturated carbocycles. The molecule has 0 aromatic heterocycles. The molecule has 1 rings (SSSR count). The van der Waals surface area contributed by atoms with Gasteiger partial charge in [0.15, 0.2) is 6.29 Å². The predicted molar refractivity (Wildman–Crippen MR) is 198 cm³/mol. The van der Waals surface area contributed by atoms with Crippen LogP contribution in [-0.2, 0) is 38.6 Å². The zero-order chi connectivity index (χ0) is 34.2. The summed E-state index contributed by atoms with van der Waals surface area (Å²) in [5.74, 6) is 0.567. The Balaban J connectivity index is 2.57. The maximum Gasteiger partial charge on any atom is 0.306 e. The highest BCUT2D eigenvalue weighted by atomic mass is 16.7. The minimum Gasteiger partial charge on any atom is -0.461 e. The van der Waals surface area contributed by atoms with Crippen molar-refractivity contribution in [1.29, 1.82) is 0 Å². The molecule has 273 valence electrons. The molecular formula is C42H75O5. The summed E-state index contributed by atoms with van der Waals surface area (Å²) >= 11 is 0. The average molecular weight is 660 g/mol. The van der Waals surface area contributed by atoms with E-state index in [0.717, 1.165) is 49.1 Å². The van der Waals surface area contributed by atoms with Gasteiger partial charge in [0.2, 0.25) is 0 Å². The second-order valence-corrected chi connectivity index (χ2v) is 13.8. The van der Waals surface area contributed by atoms with Crippen LogP contribution in [0.3, 0.4) is 0 Å². The van der Waals surface area contributed by atoms with Crippen molar-refractivity contribution in [2.75, 3.05) is 13.2 Å². The van der Waals surface area contributed by atoms with Crippen LogP contribution in [0.25, 0.3) is 0 Å². The normalized spacial score (nSPS) is 11.6. The van der Waals surface area contributed by atoms with Crippen molar-refractivity contribution < 1.29 is 24.1 Å². The van der Waals surface area contributed by atoms with Gasteiger partial charge < -0.3 is 19.3 Å². The number of esters is 1. The van der Waals surface area contributed by atoms with Crippen molar-refractivity contribution in [3.8, 4) is 0 Å². The summed E-state index contributed by atoms with van der Waals surface area (Å²) in [7, 11) is 0. The van der Waals surface area contributed by atoms with Crippen LogP contribution in [0.4, 0.5) is 0 Å². The summed E-state index contributed by atoms with van der Waals surface area (Å²) in [5, 5.41) is 9.91. The molecule has 0 aliphatic carbocycles. The van der Waals surface area contributed by atoms with E-state index in [1.54, 1.807) is 0 Å². The molecule has 1 aromatic rings. The SMILES string of the molecule is [CH2]CCCCC(CCCCC)CCCc1cc(CO)cc(COC(=O)CCC(OCCCCCCCC)OCCCCCCCC)c1. The van der Waals surface area contributed by atoms with E-state index in [1.807, 2.05) is 6.07 Å². The molecule has 0 aliphatic heterocycles. The van der Waals surface area contributed by atoms with Crippen LogP contribution in [0, 0.1) is 12.8 Å². The molecule has 0 amide bonds. The Morgan fingerprint density at radius 2 is 1.15 bits per heavy atom. The fourth-order valence-electron chi connectivity index (χ4n) is 6.36. The van der Waals surface area contributed by atoms with Gasteiger partial charge in [-0.05, 0) is 48.3 Å². The first-order chi connectivity index (χ1) is 23.1. The largest absolute Gasteiger partial charge is 0.461 e. The molecule has 0 heterocycles. The van der Waals surface area contributed by atoms with Gasteiger partial charge in [0.1, 0.15) is 6.61 Å². The van der Waals surface area contributed by atoms with Crippen LogP contribution in [-0.4, -0.2) is 30.6 Å². The number of aliphatic hydroxyl groups excluding tert-OH is 1. The Hall–Kier alpha value is -1.43. The molecule has 47 heavy (non-hydrogen) atoms. The molecule has 5 nitrogen and oxygen atoms in total. The lowest BCUT2D eigenvalue weighted by Gasteiger charge is -2.19. The van der Waals surface area contributed by atoms with Gasteiger partial charge in [-0.3, -0.25) is 4.79 Å². The first-order valence-corrected chi connectivity index (χ1v) is 20.0. The molecule has 5 heteroatoms. The Morgan fingerprint density at radius 3 is 1.74 bits per heavy atom. The van der Waals surface area contributed by atoms with Crippen LogP contribution in [0.5, 0.6) is 0 Å². The zero-order valence-electron chi connectivity index (χ0n) is 31.2. The number of unbranched alkanes of at least 4 members (excludes halogenated alkanes) is 14. The summed E-state index contributed by atoms with van der Waals surface area (Å²) in [6, 6.07) is 6.21. The fraction of sp³-hybridized carbons (Fsp3) is 0.810. The van der Waals surface area contributed by atoms with E-state index in [0.29, 0.717) is 19.6 Å². The molecule has 1 radical (unpaired) electrons. The molecule has 0 aliphatic rings. The van der Waals surface area contributed by atoms with Crippen LogP contribution in [0.1, 0.15) is 192 Å². The van der Waals surface area contributed by atoms with E-state index in [2.05, 4.69) is 39.8 Å². The van der Waals surface area contributed by atoms with Crippen molar-refractivity contribution in [3.63, 3.8) is 0 Å². The van der Waals surface area contributed by atoms with Crippen LogP contribution in [0.2, 0.25) is 0 Å². The first-order valence-electron chi connectivity index (χ1n) is 20.0. The van der Waals surface area contributed by atoms with E-state index >= 15 is 0 Å². The fourth-order valence-corrected chi connectivity index (χ4v) is 6.36. The van der Waals surface area contributed by atoms with Crippen LogP contribution < -0.4 is 0 Å². The number of hydrogen-bond acceptors (Lipinski definition) is 5. The van der Waals surface area contributed by atoms with Crippen molar-refractivity contribution in [2.45, 2.75) is 201 Å². The number of carbonyl (C=O) groups excluding carboxylic acids is 1. The van der Waals surface area contributed by atoms with Gasteiger partial charge in [-0.25, -0.2) is 0 Å². The summed E-state index contributed by atoms with van der Waals surface area (Å²) in [6.07, 6.45) is 28.6. The van der Waals surface area contributed by atoms with E-state index in [1.165, 1.54) is 121 Å². The lowest BCUT2D eigenvalue weighted by molar-refractivity contribution is -0.160. The Morgan fingerprint density at radius 1 is 0.638 bits per heavy atom. The topological polar surface area (TPSA) is 65.0 Å². The highest BCUT2D eigenvalue weighted by molar-refractivity contribution is 5.69. The third kappa shape index (κ3) is 25.2.